The van der Waals surface area contributed by atoms with Gasteiger partial charge in [0.05, 0.1) is 11.9 Å². The van der Waals surface area contributed by atoms with Crippen molar-refractivity contribution in [3.8, 4) is 0 Å². The van der Waals surface area contributed by atoms with Crippen molar-refractivity contribution < 1.29 is 0 Å². The standard InChI is InChI=1S/C10H12ClN5O/c1-16-7(3-5-14-16)2-4-12-8-6-13-15-10(17)9(8)11/h3,5-6H,2,4H2,1H3,(H2,12,15,17). The van der Waals surface area contributed by atoms with Gasteiger partial charge in [0, 0.05) is 31.9 Å². The second-order valence-electron chi connectivity index (χ2n) is 3.55. The molecule has 0 bridgehead atoms. The second-order valence-corrected chi connectivity index (χ2v) is 3.93. The lowest BCUT2D eigenvalue weighted by Crippen LogP contribution is -2.14. The minimum atomic E-state index is -0.391. The number of aromatic amines is 1. The van der Waals surface area contributed by atoms with Crippen molar-refractivity contribution in [1.82, 2.24) is 20.0 Å². The Balaban J connectivity index is 1.97. The Kier molecular flexibility index (Phi) is 3.43. The highest BCUT2D eigenvalue weighted by molar-refractivity contribution is 6.32. The molecule has 2 aromatic heterocycles. The monoisotopic (exact) mass is 253 g/mol. The SMILES string of the molecule is Cn1nccc1CCNc1cn[nH]c(=O)c1Cl. The molecule has 0 spiro atoms. The third-order valence-electron chi connectivity index (χ3n) is 2.41. The van der Waals surface area contributed by atoms with Crippen LogP contribution in [-0.4, -0.2) is 26.5 Å². The molecule has 0 fully saturated rings. The topological polar surface area (TPSA) is 75.6 Å². The molecule has 0 saturated carbocycles. The van der Waals surface area contributed by atoms with E-state index in [2.05, 4.69) is 20.6 Å². The lowest BCUT2D eigenvalue weighted by atomic mass is 10.3. The van der Waals surface area contributed by atoms with Gasteiger partial charge in [0.25, 0.3) is 5.56 Å². The minimum absolute atomic E-state index is 0.130. The first-order chi connectivity index (χ1) is 8.18. The van der Waals surface area contributed by atoms with E-state index in [1.54, 1.807) is 10.9 Å². The van der Waals surface area contributed by atoms with Gasteiger partial charge in [-0.15, -0.1) is 0 Å². The second kappa shape index (κ2) is 5.01. The van der Waals surface area contributed by atoms with Gasteiger partial charge in [-0.3, -0.25) is 9.48 Å². The Morgan fingerprint density at radius 2 is 2.41 bits per heavy atom. The summed E-state index contributed by atoms with van der Waals surface area (Å²) in [6, 6.07) is 1.94. The highest BCUT2D eigenvalue weighted by Gasteiger charge is 2.04. The van der Waals surface area contributed by atoms with Crippen LogP contribution in [0, 0.1) is 0 Å². The van der Waals surface area contributed by atoms with Crippen LogP contribution in [0.25, 0.3) is 0 Å². The summed E-state index contributed by atoms with van der Waals surface area (Å²) < 4.78 is 1.80. The molecule has 0 aromatic carbocycles. The summed E-state index contributed by atoms with van der Waals surface area (Å²) in [5, 5.41) is 13.2. The molecule has 2 heterocycles. The Morgan fingerprint density at radius 3 is 3.12 bits per heavy atom. The summed E-state index contributed by atoms with van der Waals surface area (Å²) in [4.78, 5) is 11.2. The first kappa shape index (κ1) is 11.7. The van der Waals surface area contributed by atoms with E-state index in [9.17, 15) is 4.79 Å². The first-order valence-corrected chi connectivity index (χ1v) is 5.50. The molecular formula is C10H12ClN5O. The molecule has 0 radical (unpaired) electrons. The third-order valence-corrected chi connectivity index (χ3v) is 2.79. The number of hydrogen-bond acceptors (Lipinski definition) is 4. The van der Waals surface area contributed by atoms with Crippen LogP contribution in [0.3, 0.4) is 0 Å². The molecule has 0 aliphatic carbocycles. The summed E-state index contributed by atoms with van der Waals surface area (Å²) >= 11 is 5.82. The summed E-state index contributed by atoms with van der Waals surface area (Å²) in [6.07, 6.45) is 4.03. The van der Waals surface area contributed by atoms with Gasteiger partial charge in [-0.1, -0.05) is 11.6 Å². The summed E-state index contributed by atoms with van der Waals surface area (Å²) in [6.45, 7) is 0.657. The molecular weight excluding hydrogens is 242 g/mol. The van der Waals surface area contributed by atoms with Crippen molar-refractivity contribution >= 4 is 17.3 Å². The highest BCUT2D eigenvalue weighted by Crippen LogP contribution is 2.14. The number of H-pyrrole nitrogens is 1. The van der Waals surface area contributed by atoms with Gasteiger partial charge in [-0.05, 0) is 6.07 Å². The highest BCUT2D eigenvalue weighted by atomic mass is 35.5. The zero-order valence-corrected chi connectivity index (χ0v) is 10.0. The van der Waals surface area contributed by atoms with Crippen molar-refractivity contribution in [1.29, 1.82) is 0 Å². The third kappa shape index (κ3) is 2.65. The van der Waals surface area contributed by atoms with Crippen LogP contribution in [0.4, 0.5) is 5.69 Å². The van der Waals surface area contributed by atoms with E-state index in [4.69, 9.17) is 11.6 Å². The van der Waals surface area contributed by atoms with Crippen molar-refractivity contribution in [2.24, 2.45) is 7.05 Å². The van der Waals surface area contributed by atoms with Gasteiger partial charge >= 0.3 is 0 Å². The van der Waals surface area contributed by atoms with Crippen molar-refractivity contribution in [3.05, 3.63) is 39.5 Å². The molecule has 6 nitrogen and oxygen atoms in total. The van der Waals surface area contributed by atoms with Crippen molar-refractivity contribution in [2.75, 3.05) is 11.9 Å². The largest absolute Gasteiger partial charge is 0.382 e. The fourth-order valence-corrected chi connectivity index (χ4v) is 1.64. The summed E-state index contributed by atoms with van der Waals surface area (Å²) in [5.74, 6) is 0. The lowest BCUT2D eigenvalue weighted by Gasteiger charge is -2.06. The number of rotatable bonds is 4. The Morgan fingerprint density at radius 1 is 1.59 bits per heavy atom. The summed E-state index contributed by atoms with van der Waals surface area (Å²) in [5.41, 5.74) is 1.25. The van der Waals surface area contributed by atoms with Crippen LogP contribution in [0.2, 0.25) is 5.02 Å². The van der Waals surface area contributed by atoms with E-state index in [1.165, 1.54) is 6.20 Å². The number of nitrogens with one attached hydrogen (secondary N) is 2. The van der Waals surface area contributed by atoms with Gasteiger partial charge in [0.2, 0.25) is 0 Å². The predicted octanol–water partition coefficient (Wildman–Crippen LogP) is 0.811. The van der Waals surface area contributed by atoms with E-state index in [1.807, 2.05) is 13.1 Å². The van der Waals surface area contributed by atoms with E-state index >= 15 is 0 Å². The van der Waals surface area contributed by atoms with Gasteiger partial charge in [-0.2, -0.15) is 10.2 Å². The number of anilines is 1. The number of aromatic nitrogens is 4. The minimum Gasteiger partial charge on any atom is -0.382 e. The Hall–Kier alpha value is -1.82. The van der Waals surface area contributed by atoms with Gasteiger partial charge in [-0.25, -0.2) is 5.10 Å². The molecule has 0 unspecified atom stereocenters. The Bertz CT molecular complexity index is 562. The van der Waals surface area contributed by atoms with E-state index in [0.717, 1.165) is 12.1 Å². The van der Waals surface area contributed by atoms with Gasteiger partial charge < -0.3 is 5.32 Å². The first-order valence-electron chi connectivity index (χ1n) is 5.12. The van der Waals surface area contributed by atoms with Crippen LogP contribution < -0.4 is 10.9 Å². The van der Waals surface area contributed by atoms with Crippen LogP contribution in [0.5, 0.6) is 0 Å². The quantitative estimate of drug-likeness (QED) is 0.846. The predicted molar refractivity (Wildman–Crippen MR) is 65.3 cm³/mol. The maximum atomic E-state index is 11.2. The van der Waals surface area contributed by atoms with Crippen molar-refractivity contribution in [3.63, 3.8) is 0 Å². The van der Waals surface area contributed by atoms with Gasteiger partial charge in [0.15, 0.2) is 0 Å². The number of halogens is 1. The average molecular weight is 254 g/mol. The van der Waals surface area contributed by atoms with E-state index in [-0.39, 0.29) is 5.02 Å². The molecule has 90 valence electrons. The number of hydrogen-bond donors (Lipinski definition) is 2. The molecule has 0 aliphatic heterocycles. The van der Waals surface area contributed by atoms with Crippen LogP contribution in [-0.2, 0) is 13.5 Å². The maximum absolute atomic E-state index is 11.2. The van der Waals surface area contributed by atoms with Crippen LogP contribution in [0.15, 0.2) is 23.3 Å². The van der Waals surface area contributed by atoms with E-state index < -0.39 is 5.56 Å². The fourth-order valence-electron chi connectivity index (χ4n) is 1.48. The van der Waals surface area contributed by atoms with Crippen LogP contribution in [0.1, 0.15) is 5.69 Å². The molecule has 17 heavy (non-hydrogen) atoms. The van der Waals surface area contributed by atoms with Crippen molar-refractivity contribution in [2.45, 2.75) is 6.42 Å². The molecule has 0 aliphatic rings. The zero-order valence-electron chi connectivity index (χ0n) is 9.27. The molecule has 2 N–H and O–H groups in total. The number of aryl methyl sites for hydroxylation is 1. The molecule has 0 amide bonds. The smallest absolute Gasteiger partial charge is 0.285 e. The zero-order chi connectivity index (χ0) is 12.3. The molecule has 2 rings (SSSR count). The Labute approximate surface area is 103 Å². The molecule has 2 aromatic rings. The fraction of sp³-hybridized carbons (Fsp3) is 0.300. The van der Waals surface area contributed by atoms with Crippen LogP contribution >= 0.6 is 11.6 Å². The average Bonchev–Trinajstić information content (AvgIpc) is 2.71. The molecule has 0 atom stereocenters. The van der Waals surface area contributed by atoms with E-state index in [0.29, 0.717) is 12.2 Å². The maximum Gasteiger partial charge on any atom is 0.285 e. The summed E-state index contributed by atoms with van der Waals surface area (Å²) in [7, 11) is 1.89. The lowest BCUT2D eigenvalue weighted by molar-refractivity contribution is 0.711. The normalized spacial score (nSPS) is 10.5. The molecule has 7 heteroatoms. The number of nitrogens with zero attached hydrogens (tertiary/aromatic N) is 3. The van der Waals surface area contributed by atoms with Gasteiger partial charge in [0.1, 0.15) is 5.02 Å². The molecule has 0 saturated heterocycles.